The van der Waals surface area contributed by atoms with Gasteiger partial charge < -0.3 is 10.0 Å². The first-order chi connectivity index (χ1) is 9.90. The van der Waals surface area contributed by atoms with Crippen LogP contribution in [0.4, 0.5) is 5.69 Å². The van der Waals surface area contributed by atoms with Gasteiger partial charge in [0.2, 0.25) is 0 Å². The van der Waals surface area contributed by atoms with Gasteiger partial charge in [0.25, 0.3) is 11.6 Å². The Morgan fingerprint density at radius 2 is 1.95 bits per heavy atom. The number of hydrogen-bond acceptors (Lipinski definition) is 4. The number of nitro benzene ring substituents is 1. The number of amides is 1. The van der Waals surface area contributed by atoms with Gasteiger partial charge in [0, 0.05) is 24.2 Å². The van der Waals surface area contributed by atoms with E-state index in [0.717, 1.165) is 6.07 Å². The molecule has 0 aliphatic carbocycles. The molecular formula is C13H13ClN2O5. The molecule has 0 bridgehead atoms. The van der Waals surface area contributed by atoms with Crippen LogP contribution in [-0.4, -0.2) is 39.9 Å². The van der Waals surface area contributed by atoms with Crippen LogP contribution in [0, 0.1) is 16.0 Å². The van der Waals surface area contributed by atoms with Gasteiger partial charge in [0.1, 0.15) is 5.56 Å². The van der Waals surface area contributed by atoms with E-state index in [9.17, 15) is 19.7 Å². The van der Waals surface area contributed by atoms with Crippen molar-refractivity contribution in [1.82, 2.24) is 4.90 Å². The van der Waals surface area contributed by atoms with Crippen LogP contribution >= 0.6 is 11.6 Å². The Bertz CT molecular complexity index is 596. The molecule has 0 spiro atoms. The second kappa shape index (κ2) is 6.09. The van der Waals surface area contributed by atoms with Gasteiger partial charge in [-0.15, -0.1) is 0 Å². The van der Waals surface area contributed by atoms with Crippen molar-refractivity contribution >= 4 is 29.2 Å². The summed E-state index contributed by atoms with van der Waals surface area (Å²) in [7, 11) is 0. The highest BCUT2D eigenvalue weighted by Crippen LogP contribution is 2.26. The van der Waals surface area contributed by atoms with E-state index in [4.69, 9.17) is 16.7 Å². The molecule has 1 fully saturated rings. The van der Waals surface area contributed by atoms with Gasteiger partial charge in [-0.1, -0.05) is 11.6 Å². The molecule has 1 aromatic rings. The lowest BCUT2D eigenvalue weighted by atomic mass is 9.96. The predicted octanol–water partition coefficient (Wildman–Crippen LogP) is 2.19. The summed E-state index contributed by atoms with van der Waals surface area (Å²) in [5.74, 6) is -1.81. The number of piperidine rings is 1. The molecule has 0 atom stereocenters. The van der Waals surface area contributed by atoms with E-state index in [1.165, 1.54) is 17.0 Å². The lowest BCUT2D eigenvalue weighted by Crippen LogP contribution is -2.40. The summed E-state index contributed by atoms with van der Waals surface area (Å²) in [5.41, 5.74) is -0.369. The molecule has 7 nitrogen and oxygen atoms in total. The number of carboxylic acid groups (broad SMARTS) is 1. The topological polar surface area (TPSA) is 101 Å². The lowest BCUT2D eigenvalue weighted by molar-refractivity contribution is -0.385. The predicted molar refractivity (Wildman–Crippen MR) is 74.4 cm³/mol. The normalized spacial score (nSPS) is 15.8. The highest BCUT2D eigenvalue weighted by molar-refractivity contribution is 6.31. The zero-order valence-corrected chi connectivity index (χ0v) is 11.7. The average molecular weight is 313 g/mol. The van der Waals surface area contributed by atoms with Crippen molar-refractivity contribution in [3.05, 3.63) is 38.9 Å². The fourth-order valence-electron chi connectivity index (χ4n) is 2.34. The fourth-order valence-corrected chi connectivity index (χ4v) is 2.50. The van der Waals surface area contributed by atoms with Crippen molar-refractivity contribution in [2.24, 2.45) is 5.92 Å². The summed E-state index contributed by atoms with van der Waals surface area (Å²) in [4.78, 5) is 35.0. The summed E-state index contributed by atoms with van der Waals surface area (Å²) in [6.07, 6.45) is 0.699. The van der Waals surface area contributed by atoms with E-state index in [1.54, 1.807) is 0 Å². The van der Waals surface area contributed by atoms with Crippen LogP contribution < -0.4 is 0 Å². The Kier molecular flexibility index (Phi) is 4.42. The molecule has 1 aliphatic heterocycles. The monoisotopic (exact) mass is 312 g/mol. The van der Waals surface area contributed by atoms with Crippen LogP contribution in [0.1, 0.15) is 23.2 Å². The van der Waals surface area contributed by atoms with Crippen LogP contribution in [0.2, 0.25) is 5.02 Å². The minimum atomic E-state index is -0.875. The van der Waals surface area contributed by atoms with E-state index >= 15 is 0 Å². The highest BCUT2D eigenvalue weighted by Gasteiger charge is 2.30. The first-order valence-corrected chi connectivity index (χ1v) is 6.74. The van der Waals surface area contributed by atoms with E-state index < -0.39 is 22.7 Å². The molecule has 21 heavy (non-hydrogen) atoms. The molecule has 8 heteroatoms. The summed E-state index contributed by atoms with van der Waals surface area (Å²) < 4.78 is 0. The molecule has 0 aromatic heterocycles. The number of carboxylic acids is 1. The molecule has 0 radical (unpaired) electrons. The van der Waals surface area contributed by atoms with Gasteiger partial charge in [0.05, 0.1) is 10.8 Å². The van der Waals surface area contributed by atoms with E-state index in [0.29, 0.717) is 12.8 Å². The fraction of sp³-hybridized carbons (Fsp3) is 0.385. The van der Waals surface area contributed by atoms with Crippen LogP contribution in [-0.2, 0) is 4.79 Å². The smallest absolute Gasteiger partial charge is 0.306 e. The summed E-state index contributed by atoms with van der Waals surface area (Å²) in [6.45, 7) is 0.547. The molecule has 1 aromatic carbocycles. The third-order valence-electron chi connectivity index (χ3n) is 3.52. The molecule has 1 aliphatic rings. The number of benzene rings is 1. The highest BCUT2D eigenvalue weighted by atomic mass is 35.5. The van der Waals surface area contributed by atoms with E-state index in [-0.39, 0.29) is 29.4 Å². The maximum Gasteiger partial charge on any atom is 0.306 e. The van der Waals surface area contributed by atoms with Crippen LogP contribution in [0.25, 0.3) is 0 Å². The van der Waals surface area contributed by atoms with Crippen molar-refractivity contribution < 1.29 is 19.6 Å². The minimum Gasteiger partial charge on any atom is -0.481 e. The van der Waals surface area contributed by atoms with Crippen LogP contribution in [0.5, 0.6) is 0 Å². The first kappa shape index (κ1) is 15.2. The van der Waals surface area contributed by atoms with E-state index in [1.807, 2.05) is 0 Å². The average Bonchev–Trinajstić information content (AvgIpc) is 2.46. The Balaban J connectivity index is 2.18. The van der Waals surface area contributed by atoms with Gasteiger partial charge in [-0.05, 0) is 25.0 Å². The molecule has 1 amide bonds. The second-order valence-corrected chi connectivity index (χ2v) is 5.26. The maximum absolute atomic E-state index is 12.3. The lowest BCUT2D eigenvalue weighted by Gasteiger charge is -2.30. The Morgan fingerprint density at radius 1 is 1.33 bits per heavy atom. The standard InChI is InChI=1S/C13H13ClN2O5/c14-9-1-2-10(11(7-9)16(20)21)12(17)15-5-3-8(4-6-15)13(18)19/h1-2,7-8H,3-6H2,(H,18,19). The van der Waals surface area contributed by atoms with E-state index in [2.05, 4.69) is 0 Å². The minimum absolute atomic E-state index is 0.0295. The Labute approximate surface area is 125 Å². The molecular weight excluding hydrogens is 300 g/mol. The van der Waals surface area contributed by atoms with Crippen molar-refractivity contribution in [2.45, 2.75) is 12.8 Å². The summed E-state index contributed by atoms with van der Waals surface area (Å²) in [6, 6.07) is 3.89. The number of nitrogens with zero attached hydrogens (tertiary/aromatic N) is 2. The number of aliphatic carboxylic acids is 1. The summed E-state index contributed by atoms with van der Waals surface area (Å²) in [5, 5.41) is 20.1. The van der Waals surface area contributed by atoms with Gasteiger partial charge in [-0.3, -0.25) is 19.7 Å². The van der Waals surface area contributed by atoms with Crippen LogP contribution in [0.3, 0.4) is 0 Å². The maximum atomic E-state index is 12.3. The largest absolute Gasteiger partial charge is 0.481 e. The third-order valence-corrected chi connectivity index (χ3v) is 3.75. The number of carbonyl (C=O) groups excluding carboxylic acids is 1. The van der Waals surface area contributed by atoms with Gasteiger partial charge in [0.15, 0.2) is 0 Å². The molecule has 2 rings (SSSR count). The molecule has 112 valence electrons. The van der Waals surface area contributed by atoms with Gasteiger partial charge in [-0.2, -0.15) is 0 Å². The zero-order chi connectivity index (χ0) is 15.6. The van der Waals surface area contributed by atoms with Gasteiger partial charge >= 0.3 is 5.97 Å². The number of rotatable bonds is 3. The number of halogens is 1. The number of carbonyl (C=O) groups is 2. The molecule has 0 unspecified atom stereocenters. The molecule has 1 N–H and O–H groups in total. The quantitative estimate of drug-likeness (QED) is 0.681. The van der Waals surface area contributed by atoms with Gasteiger partial charge in [-0.25, -0.2) is 0 Å². The van der Waals surface area contributed by atoms with Crippen molar-refractivity contribution in [3.8, 4) is 0 Å². The molecule has 0 saturated carbocycles. The number of hydrogen-bond donors (Lipinski definition) is 1. The summed E-state index contributed by atoms with van der Waals surface area (Å²) >= 11 is 5.71. The Hall–Kier alpha value is -2.15. The van der Waals surface area contributed by atoms with Crippen molar-refractivity contribution in [3.63, 3.8) is 0 Å². The third kappa shape index (κ3) is 3.30. The molecule has 1 saturated heterocycles. The first-order valence-electron chi connectivity index (χ1n) is 6.36. The zero-order valence-electron chi connectivity index (χ0n) is 11.0. The van der Waals surface area contributed by atoms with Crippen molar-refractivity contribution in [2.75, 3.05) is 13.1 Å². The molecule has 1 heterocycles. The van der Waals surface area contributed by atoms with Crippen molar-refractivity contribution in [1.29, 1.82) is 0 Å². The number of likely N-dealkylation sites (tertiary alicyclic amines) is 1. The SMILES string of the molecule is O=C(O)C1CCN(C(=O)c2ccc(Cl)cc2[N+](=O)[O-])CC1. The Morgan fingerprint density at radius 3 is 2.48 bits per heavy atom. The second-order valence-electron chi connectivity index (χ2n) is 4.82. The van der Waals surface area contributed by atoms with Crippen LogP contribution in [0.15, 0.2) is 18.2 Å². The number of nitro groups is 1.